The second-order valence-corrected chi connectivity index (χ2v) is 3.20. The zero-order valence-electron chi connectivity index (χ0n) is 6.88. The normalized spacial score (nSPS) is 23.2. The Morgan fingerprint density at radius 2 is 2.50 bits per heavy atom. The molecule has 0 aliphatic carbocycles. The zero-order valence-corrected chi connectivity index (χ0v) is 6.88. The number of rotatable bonds is 2. The molecule has 1 fully saturated rings. The van der Waals surface area contributed by atoms with Gasteiger partial charge in [0, 0.05) is 6.42 Å². The standard InChI is InChI=1S/C7H13N5/c8-7-10-6(11-12-7)3-5-1-2-9-4-5/h5,9H,1-4H2,(H3,8,10,11,12). The minimum atomic E-state index is 0.343. The van der Waals surface area contributed by atoms with Gasteiger partial charge in [0.1, 0.15) is 5.82 Å². The van der Waals surface area contributed by atoms with Crippen LogP contribution >= 0.6 is 0 Å². The van der Waals surface area contributed by atoms with Crippen molar-refractivity contribution in [2.45, 2.75) is 12.8 Å². The van der Waals surface area contributed by atoms with Gasteiger partial charge in [-0.05, 0) is 25.4 Å². The molecule has 1 aliphatic heterocycles. The molecular formula is C7H13N5. The zero-order chi connectivity index (χ0) is 8.39. The Kier molecular flexibility index (Phi) is 1.95. The van der Waals surface area contributed by atoms with Gasteiger partial charge >= 0.3 is 0 Å². The number of nitrogens with one attached hydrogen (secondary N) is 2. The van der Waals surface area contributed by atoms with Crippen molar-refractivity contribution in [2.75, 3.05) is 18.8 Å². The van der Waals surface area contributed by atoms with Crippen molar-refractivity contribution in [1.29, 1.82) is 0 Å². The third kappa shape index (κ3) is 1.55. The monoisotopic (exact) mass is 167 g/mol. The van der Waals surface area contributed by atoms with Gasteiger partial charge < -0.3 is 11.1 Å². The maximum Gasteiger partial charge on any atom is 0.239 e. The van der Waals surface area contributed by atoms with Gasteiger partial charge in [0.25, 0.3) is 0 Å². The van der Waals surface area contributed by atoms with Crippen molar-refractivity contribution >= 4 is 5.95 Å². The third-order valence-electron chi connectivity index (χ3n) is 2.19. The Balaban J connectivity index is 1.94. The molecule has 1 aliphatic rings. The maximum atomic E-state index is 5.38. The lowest BCUT2D eigenvalue weighted by Gasteiger charge is -2.02. The molecule has 1 aromatic rings. The molecule has 1 unspecified atom stereocenters. The van der Waals surface area contributed by atoms with Crippen LogP contribution in [0.2, 0.25) is 0 Å². The average molecular weight is 167 g/mol. The van der Waals surface area contributed by atoms with Crippen molar-refractivity contribution in [3.8, 4) is 0 Å². The maximum absolute atomic E-state index is 5.38. The van der Waals surface area contributed by atoms with Crippen LogP contribution in [-0.2, 0) is 6.42 Å². The van der Waals surface area contributed by atoms with Gasteiger partial charge in [-0.2, -0.15) is 4.98 Å². The molecule has 12 heavy (non-hydrogen) atoms. The molecule has 1 atom stereocenters. The number of H-pyrrole nitrogens is 1. The lowest BCUT2D eigenvalue weighted by Crippen LogP contribution is -2.11. The molecular weight excluding hydrogens is 154 g/mol. The fraction of sp³-hybridized carbons (Fsp3) is 0.714. The van der Waals surface area contributed by atoms with Crippen molar-refractivity contribution in [3.05, 3.63) is 5.82 Å². The fourth-order valence-corrected chi connectivity index (χ4v) is 1.56. The first-order valence-electron chi connectivity index (χ1n) is 4.22. The largest absolute Gasteiger partial charge is 0.367 e. The van der Waals surface area contributed by atoms with Crippen LogP contribution in [0.15, 0.2) is 0 Å². The van der Waals surface area contributed by atoms with E-state index in [-0.39, 0.29) is 0 Å². The molecule has 1 saturated heterocycles. The number of aromatic amines is 1. The molecule has 4 N–H and O–H groups in total. The molecule has 0 radical (unpaired) electrons. The highest BCUT2D eigenvalue weighted by atomic mass is 15.3. The average Bonchev–Trinajstić information content (AvgIpc) is 2.63. The number of nitrogens with two attached hydrogens (primary N) is 1. The number of nitrogens with zero attached hydrogens (tertiary/aromatic N) is 2. The molecule has 0 spiro atoms. The van der Waals surface area contributed by atoms with Crippen molar-refractivity contribution in [2.24, 2.45) is 5.92 Å². The van der Waals surface area contributed by atoms with E-state index in [1.807, 2.05) is 0 Å². The molecule has 1 aromatic heterocycles. The summed E-state index contributed by atoms with van der Waals surface area (Å²) in [5.41, 5.74) is 5.38. The van der Waals surface area contributed by atoms with E-state index in [4.69, 9.17) is 5.73 Å². The van der Waals surface area contributed by atoms with Crippen LogP contribution in [0.1, 0.15) is 12.2 Å². The second kappa shape index (κ2) is 3.10. The van der Waals surface area contributed by atoms with Crippen LogP contribution in [0.5, 0.6) is 0 Å². The Labute approximate surface area is 70.8 Å². The van der Waals surface area contributed by atoms with E-state index in [2.05, 4.69) is 20.5 Å². The van der Waals surface area contributed by atoms with Crippen molar-refractivity contribution in [3.63, 3.8) is 0 Å². The predicted octanol–water partition coefficient (Wildman–Crippen LogP) is -0.461. The summed E-state index contributed by atoms with van der Waals surface area (Å²) in [5.74, 6) is 1.94. The van der Waals surface area contributed by atoms with E-state index in [1.54, 1.807) is 0 Å². The number of hydrogen-bond acceptors (Lipinski definition) is 4. The summed E-state index contributed by atoms with van der Waals surface area (Å²) in [6.45, 7) is 2.20. The quantitative estimate of drug-likeness (QED) is 0.557. The van der Waals surface area contributed by atoms with Crippen molar-refractivity contribution in [1.82, 2.24) is 20.5 Å². The number of anilines is 1. The predicted molar refractivity (Wildman–Crippen MR) is 45.5 cm³/mol. The Morgan fingerprint density at radius 1 is 1.58 bits per heavy atom. The van der Waals surface area contributed by atoms with E-state index in [0.717, 1.165) is 25.3 Å². The molecule has 0 bridgehead atoms. The van der Waals surface area contributed by atoms with E-state index in [1.165, 1.54) is 6.42 Å². The first-order valence-corrected chi connectivity index (χ1v) is 4.22. The summed E-state index contributed by atoms with van der Waals surface area (Å²) in [6, 6.07) is 0. The highest BCUT2D eigenvalue weighted by Gasteiger charge is 2.16. The molecule has 2 rings (SSSR count). The van der Waals surface area contributed by atoms with Crippen LogP contribution < -0.4 is 11.1 Å². The first-order chi connectivity index (χ1) is 5.84. The molecule has 0 aromatic carbocycles. The highest BCUT2D eigenvalue weighted by molar-refractivity contribution is 5.12. The molecule has 66 valence electrons. The molecule has 5 nitrogen and oxygen atoms in total. The molecule has 0 saturated carbocycles. The van der Waals surface area contributed by atoms with E-state index in [9.17, 15) is 0 Å². The summed E-state index contributed by atoms with van der Waals surface area (Å²) in [4.78, 5) is 4.06. The van der Waals surface area contributed by atoms with Crippen LogP contribution in [0, 0.1) is 5.92 Å². The van der Waals surface area contributed by atoms with Gasteiger partial charge in [-0.25, -0.2) is 0 Å². The fourth-order valence-electron chi connectivity index (χ4n) is 1.56. The lowest BCUT2D eigenvalue weighted by molar-refractivity contribution is 0.563. The molecule has 0 amide bonds. The third-order valence-corrected chi connectivity index (χ3v) is 2.19. The summed E-state index contributed by atoms with van der Waals surface area (Å²) in [6.07, 6.45) is 2.18. The van der Waals surface area contributed by atoms with Gasteiger partial charge in [0.05, 0.1) is 0 Å². The van der Waals surface area contributed by atoms with Gasteiger partial charge in [0.15, 0.2) is 0 Å². The Morgan fingerprint density at radius 3 is 3.08 bits per heavy atom. The smallest absolute Gasteiger partial charge is 0.239 e. The van der Waals surface area contributed by atoms with Gasteiger partial charge in [0.2, 0.25) is 5.95 Å². The minimum absolute atomic E-state index is 0.343. The van der Waals surface area contributed by atoms with Gasteiger partial charge in [-0.15, -0.1) is 5.10 Å². The van der Waals surface area contributed by atoms with Gasteiger partial charge in [-0.3, -0.25) is 5.10 Å². The summed E-state index contributed by atoms with van der Waals surface area (Å²) >= 11 is 0. The number of aromatic nitrogens is 3. The molecule has 2 heterocycles. The van der Waals surface area contributed by atoms with Crippen LogP contribution in [0.25, 0.3) is 0 Å². The van der Waals surface area contributed by atoms with E-state index < -0.39 is 0 Å². The SMILES string of the molecule is Nc1n[nH]c(CC2CCNC2)n1. The Bertz CT molecular complexity index is 250. The summed E-state index contributed by atoms with van der Waals surface area (Å²) in [7, 11) is 0. The van der Waals surface area contributed by atoms with Crippen molar-refractivity contribution < 1.29 is 0 Å². The Hall–Kier alpha value is -1.10. The topological polar surface area (TPSA) is 79.6 Å². The minimum Gasteiger partial charge on any atom is -0.367 e. The van der Waals surface area contributed by atoms with E-state index in [0.29, 0.717) is 11.9 Å². The lowest BCUT2D eigenvalue weighted by atomic mass is 10.1. The van der Waals surface area contributed by atoms with Crippen LogP contribution in [0.4, 0.5) is 5.95 Å². The van der Waals surface area contributed by atoms with Crippen LogP contribution in [0.3, 0.4) is 0 Å². The first kappa shape index (κ1) is 7.54. The summed E-state index contributed by atoms with van der Waals surface area (Å²) < 4.78 is 0. The number of hydrogen-bond donors (Lipinski definition) is 3. The highest BCUT2D eigenvalue weighted by Crippen LogP contribution is 2.12. The van der Waals surface area contributed by atoms with Gasteiger partial charge in [-0.1, -0.05) is 0 Å². The summed E-state index contributed by atoms with van der Waals surface area (Å²) in [5, 5.41) is 9.90. The van der Waals surface area contributed by atoms with E-state index >= 15 is 0 Å². The second-order valence-electron chi connectivity index (χ2n) is 3.20. The number of nitrogen functional groups attached to an aromatic ring is 1. The van der Waals surface area contributed by atoms with Crippen LogP contribution in [-0.4, -0.2) is 28.3 Å². The molecule has 5 heteroatoms.